The fourth-order valence-electron chi connectivity index (χ4n) is 2.28. The van der Waals surface area contributed by atoms with E-state index in [0.717, 1.165) is 6.42 Å². The summed E-state index contributed by atoms with van der Waals surface area (Å²) in [6.07, 6.45) is -3.05. The topological polar surface area (TPSA) is 43.8 Å². The predicted molar refractivity (Wildman–Crippen MR) is 80.1 cm³/mol. The van der Waals surface area contributed by atoms with Crippen LogP contribution < -0.4 is 5.73 Å². The van der Waals surface area contributed by atoms with E-state index in [1.54, 1.807) is 22.8 Å². The molecule has 7 heteroatoms. The summed E-state index contributed by atoms with van der Waals surface area (Å²) in [7, 11) is 0. The van der Waals surface area contributed by atoms with Gasteiger partial charge in [-0.05, 0) is 18.6 Å². The van der Waals surface area contributed by atoms with Crippen LogP contribution in [0.1, 0.15) is 19.2 Å². The van der Waals surface area contributed by atoms with Crippen LogP contribution in [0.25, 0.3) is 11.0 Å². The van der Waals surface area contributed by atoms with Crippen molar-refractivity contribution >= 4 is 28.2 Å². The van der Waals surface area contributed by atoms with Crippen LogP contribution >= 0.6 is 12.2 Å². The third-order valence-electron chi connectivity index (χ3n) is 3.31. The lowest BCUT2D eigenvalue weighted by molar-refractivity contribution is -0.157. The maximum absolute atomic E-state index is 13.1. The summed E-state index contributed by atoms with van der Waals surface area (Å²) in [4.78, 5) is 3.87. The molecule has 0 fully saturated rings. The molecule has 1 atom stereocenters. The number of nitrogens with zero attached hydrogens (tertiary/aromatic N) is 2. The molecule has 1 aromatic heterocycles. The smallest absolute Gasteiger partial charge is 0.393 e. The standard InChI is InChI=1S/C14H16F3N3S/c1-2-5-12-19-10-6-3-4-7-11(10)20(12)8-9(13(18)21)14(15,16)17/h3-4,6-7,9H,2,5,8H2,1H3,(H2,18,21). The molecule has 1 heterocycles. The molecule has 0 spiro atoms. The van der Waals surface area contributed by atoms with Gasteiger partial charge in [-0.15, -0.1) is 0 Å². The normalized spacial score (nSPS) is 13.5. The van der Waals surface area contributed by atoms with Crippen LogP contribution in [0.4, 0.5) is 13.2 Å². The largest absolute Gasteiger partial charge is 0.399 e. The van der Waals surface area contributed by atoms with Gasteiger partial charge in [-0.25, -0.2) is 4.98 Å². The molecule has 0 saturated carbocycles. The number of nitrogens with two attached hydrogens (primary N) is 1. The second-order valence-corrected chi connectivity index (χ2v) is 5.35. The van der Waals surface area contributed by atoms with Crippen molar-refractivity contribution in [2.45, 2.75) is 32.5 Å². The van der Waals surface area contributed by atoms with Crippen molar-refractivity contribution in [1.29, 1.82) is 0 Å². The van der Waals surface area contributed by atoms with Crippen molar-refractivity contribution in [2.24, 2.45) is 11.7 Å². The number of thiocarbonyl (C=S) groups is 1. The molecule has 3 nitrogen and oxygen atoms in total. The SMILES string of the molecule is CCCc1nc2ccccc2n1CC(C(N)=S)C(F)(F)F. The average Bonchev–Trinajstić information content (AvgIpc) is 2.72. The first-order chi connectivity index (χ1) is 9.84. The Morgan fingerprint density at radius 1 is 1.38 bits per heavy atom. The van der Waals surface area contributed by atoms with Gasteiger partial charge in [0.2, 0.25) is 0 Å². The van der Waals surface area contributed by atoms with Gasteiger partial charge >= 0.3 is 6.18 Å². The minimum Gasteiger partial charge on any atom is -0.393 e. The van der Waals surface area contributed by atoms with E-state index in [9.17, 15) is 13.2 Å². The maximum atomic E-state index is 13.1. The molecule has 2 rings (SSSR count). The summed E-state index contributed by atoms with van der Waals surface area (Å²) in [6, 6.07) is 7.13. The highest BCUT2D eigenvalue weighted by atomic mass is 32.1. The number of para-hydroxylation sites is 2. The highest BCUT2D eigenvalue weighted by molar-refractivity contribution is 7.80. The van der Waals surface area contributed by atoms with Gasteiger partial charge in [0.25, 0.3) is 0 Å². The zero-order chi connectivity index (χ0) is 15.6. The van der Waals surface area contributed by atoms with Gasteiger partial charge in [-0.1, -0.05) is 31.3 Å². The van der Waals surface area contributed by atoms with E-state index in [0.29, 0.717) is 23.3 Å². The van der Waals surface area contributed by atoms with Crippen LogP contribution in [0.5, 0.6) is 0 Å². The molecule has 2 aromatic rings. The molecule has 1 unspecified atom stereocenters. The average molecular weight is 315 g/mol. The molecular formula is C14H16F3N3S. The van der Waals surface area contributed by atoms with E-state index >= 15 is 0 Å². The number of fused-ring (bicyclic) bond motifs is 1. The second kappa shape index (κ2) is 6.01. The van der Waals surface area contributed by atoms with Crippen molar-refractivity contribution in [3.63, 3.8) is 0 Å². The van der Waals surface area contributed by atoms with Crippen molar-refractivity contribution < 1.29 is 13.2 Å². The summed E-state index contributed by atoms with van der Waals surface area (Å²) in [5.41, 5.74) is 6.64. The number of alkyl halides is 3. The summed E-state index contributed by atoms with van der Waals surface area (Å²) in [6.45, 7) is 1.63. The maximum Gasteiger partial charge on any atom is 0.399 e. The number of hydrogen-bond acceptors (Lipinski definition) is 2. The van der Waals surface area contributed by atoms with Gasteiger partial charge in [-0.2, -0.15) is 13.2 Å². The van der Waals surface area contributed by atoms with Gasteiger partial charge in [-0.3, -0.25) is 0 Å². The zero-order valence-corrected chi connectivity index (χ0v) is 12.3. The number of halogens is 3. The third-order valence-corrected chi connectivity index (χ3v) is 3.60. The van der Waals surface area contributed by atoms with Crippen molar-refractivity contribution in [3.8, 4) is 0 Å². The van der Waals surface area contributed by atoms with E-state index < -0.39 is 17.1 Å². The Labute approximate surface area is 126 Å². The molecular weight excluding hydrogens is 299 g/mol. The molecule has 0 aliphatic heterocycles. The Morgan fingerprint density at radius 3 is 2.62 bits per heavy atom. The first-order valence-electron chi connectivity index (χ1n) is 6.64. The molecule has 0 radical (unpaired) electrons. The lowest BCUT2D eigenvalue weighted by Crippen LogP contribution is -2.37. The van der Waals surface area contributed by atoms with Crippen LogP contribution in [0.3, 0.4) is 0 Å². The summed E-state index contributed by atoms with van der Waals surface area (Å²) < 4.78 is 40.8. The first kappa shape index (κ1) is 15.8. The van der Waals surface area contributed by atoms with E-state index in [1.165, 1.54) is 0 Å². The number of rotatable bonds is 5. The number of benzene rings is 1. The Hall–Kier alpha value is -1.63. The van der Waals surface area contributed by atoms with E-state index in [4.69, 9.17) is 5.73 Å². The van der Waals surface area contributed by atoms with Crippen molar-refractivity contribution in [2.75, 3.05) is 0 Å². The van der Waals surface area contributed by atoms with Crippen molar-refractivity contribution in [1.82, 2.24) is 9.55 Å². The molecule has 1 aromatic carbocycles. The summed E-state index contributed by atoms with van der Waals surface area (Å²) >= 11 is 4.59. The number of hydrogen-bond donors (Lipinski definition) is 1. The monoisotopic (exact) mass is 315 g/mol. The van der Waals surface area contributed by atoms with Gasteiger partial charge in [0.1, 0.15) is 11.7 Å². The van der Waals surface area contributed by atoms with Crippen molar-refractivity contribution in [3.05, 3.63) is 30.1 Å². The fourth-order valence-corrected chi connectivity index (χ4v) is 2.49. The molecule has 114 valence electrons. The highest BCUT2D eigenvalue weighted by Crippen LogP contribution is 2.30. The van der Waals surface area contributed by atoms with E-state index in [2.05, 4.69) is 17.2 Å². The Morgan fingerprint density at radius 2 is 2.05 bits per heavy atom. The van der Waals surface area contributed by atoms with Gasteiger partial charge in [0.15, 0.2) is 0 Å². The quantitative estimate of drug-likeness (QED) is 0.860. The Bertz CT molecular complexity index is 648. The minimum absolute atomic E-state index is 0.325. The lowest BCUT2D eigenvalue weighted by atomic mass is 10.1. The van der Waals surface area contributed by atoms with E-state index in [1.807, 2.05) is 13.0 Å². The van der Waals surface area contributed by atoms with Gasteiger partial charge in [0, 0.05) is 13.0 Å². The predicted octanol–water partition coefficient (Wildman–Crippen LogP) is 3.45. The molecule has 2 N–H and O–H groups in total. The van der Waals surface area contributed by atoms with Crippen LogP contribution in [-0.4, -0.2) is 20.7 Å². The van der Waals surface area contributed by atoms with Crippen LogP contribution in [0.15, 0.2) is 24.3 Å². The molecule has 21 heavy (non-hydrogen) atoms. The lowest BCUT2D eigenvalue weighted by Gasteiger charge is -2.21. The van der Waals surface area contributed by atoms with E-state index in [-0.39, 0.29) is 6.54 Å². The molecule has 0 amide bonds. The summed E-state index contributed by atoms with van der Waals surface area (Å²) in [5.74, 6) is -1.22. The molecule has 0 saturated heterocycles. The highest BCUT2D eigenvalue weighted by Gasteiger charge is 2.42. The summed E-state index contributed by atoms with van der Waals surface area (Å²) in [5, 5.41) is 0. The molecule has 0 bridgehead atoms. The number of aromatic nitrogens is 2. The van der Waals surface area contributed by atoms with Crippen LogP contribution in [-0.2, 0) is 13.0 Å². The second-order valence-electron chi connectivity index (χ2n) is 4.87. The third kappa shape index (κ3) is 3.34. The van der Waals surface area contributed by atoms with Crippen LogP contribution in [0, 0.1) is 5.92 Å². The number of aryl methyl sites for hydroxylation is 1. The minimum atomic E-state index is -4.46. The molecule has 0 aliphatic carbocycles. The van der Waals surface area contributed by atoms with Crippen LogP contribution in [0.2, 0.25) is 0 Å². The van der Waals surface area contributed by atoms with Gasteiger partial charge in [0.05, 0.1) is 16.0 Å². The number of imidazole rings is 1. The zero-order valence-electron chi connectivity index (χ0n) is 11.5. The fraction of sp³-hybridized carbons (Fsp3) is 0.429. The van der Waals surface area contributed by atoms with Gasteiger partial charge < -0.3 is 10.3 Å². The Balaban J connectivity index is 2.48. The Kier molecular flexibility index (Phi) is 4.51. The molecule has 0 aliphatic rings. The first-order valence-corrected chi connectivity index (χ1v) is 7.05.